The van der Waals surface area contributed by atoms with Crippen LogP contribution in [0.2, 0.25) is 0 Å². The van der Waals surface area contributed by atoms with Crippen LogP contribution in [0.5, 0.6) is 0 Å². The Bertz CT molecular complexity index is 498. The van der Waals surface area contributed by atoms with Crippen molar-refractivity contribution in [1.82, 2.24) is 5.32 Å². The molecule has 0 amide bonds. The molecule has 0 aliphatic heterocycles. The highest BCUT2D eigenvalue weighted by molar-refractivity contribution is 7.15. The van der Waals surface area contributed by atoms with Crippen LogP contribution in [0.25, 0.3) is 10.4 Å². The number of benzene rings is 1. The molecule has 1 N–H and O–H groups in total. The number of nitrogens with one attached hydrogen (secondary N) is 1. The number of thiophene rings is 1. The molecule has 0 radical (unpaired) electrons. The molecule has 2 rings (SSSR count). The van der Waals surface area contributed by atoms with Gasteiger partial charge >= 0.3 is 0 Å². The van der Waals surface area contributed by atoms with Crippen LogP contribution in [-0.2, 0) is 0 Å². The molecule has 0 fully saturated rings. The van der Waals surface area contributed by atoms with Crippen molar-refractivity contribution in [3.63, 3.8) is 0 Å². The van der Waals surface area contributed by atoms with E-state index in [0.717, 1.165) is 16.0 Å². The third-order valence-electron chi connectivity index (χ3n) is 2.81. The lowest BCUT2D eigenvalue weighted by Gasteiger charge is -2.06. The fourth-order valence-corrected chi connectivity index (χ4v) is 2.82. The van der Waals surface area contributed by atoms with Crippen molar-refractivity contribution in [2.24, 2.45) is 0 Å². The van der Waals surface area contributed by atoms with Crippen LogP contribution in [0, 0.1) is 12.7 Å². The van der Waals surface area contributed by atoms with Gasteiger partial charge in [0.15, 0.2) is 0 Å². The summed E-state index contributed by atoms with van der Waals surface area (Å²) in [5.41, 5.74) is 1.92. The number of hydrogen-bond acceptors (Lipinski definition) is 2. The fourth-order valence-electron chi connectivity index (χ4n) is 1.76. The first-order valence-corrected chi connectivity index (χ1v) is 6.46. The molecule has 1 heterocycles. The zero-order valence-electron chi connectivity index (χ0n) is 10.3. The van der Waals surface area contributed by atoms with Gasteiger partial charge in [-0.05, 0) is 56.3 Å². The Kier molecular flexibility index (Phi) is 3.60. The number of halogens is 1. The second-order valence-corrected chi connectivity index (χ2v) is 5.34. The van der Waals surface area contributed by atoms with E-state index in [1.54, 1.807) is 23.5 Å². The average Bonchev–Trinajstić information content (AvgIpc) is 2.76. The Balaban J connectivity index is 2.36. The Labute approximate surface area is 105 Å². The second-order valence-electron chi connectivity index (χ2n) is 4.23. The summed E-state index contributed by atoms with van der Waals surface area (Å²) in [5, 5.41) is 3.21. The smallest absolute Gasteiger partial charge is 0.124 e. The summed E-state index contributed by atoms with van der Waals surface area (Å²) in [6.45, 7) is 4.03. The van der Waals surface area contributed by atoms with Gasteiger partial charge in [-0.3, -0.25) is 0 Å². The van der Waals surface area contributed by atoms with E-state index >= 15 is 0 Å². The highest BCUT2D eigenvalue weighted by Gasteiger charge is 2.08. The SMILES string of the molecule is CNC(C)c1ccc(-c2cc(C)cc(F)c2)s1. The monoisotopic (exact) mass is 249 g/mol. The zero-order chi connectivity index (χ0) is 12.4. The quantitative estimate of drug-likeness (QED) is 0.862. The molecule has 1 unspecified atom stereocenters. The summed E-state index contributed by atoms with van der Waals surface area (Å²) in [6.07, 6.45) is 0. The van der Waals surface area contributed by atoms with E-state index < -0.39 is 0 Å². The van der Waals surface area contributed by atoms with Crippen LogP contribution in [-0.4, -0.2) is 7.05 Å². The topological polar surface area (TPSA) is 12.0 Å². The van der Waals surface area contributed by atoms with Gasteiger partial charge in [0, 0.05) is 15.8 Å². The highest BCUT2D eigenvalue weighted by Crippen LogP contribution is 2.32. The van der Waals surface area contributed by atoms with Gasteiger partial charge in [0.1, 0.15) is 5.82 Å². The summed E-state index contributed by atoms with van der Waals surface area (Å²) in [6, 6.07) is 9.65. The third kappa shape index (κ3) is 2.73. The fraction of sp³-hybridized carbons (Fsp3) is 0.286. The molecular weight excluding hydrogens is 233 g/mol. The molecule has 90 valence electrons. The Hall–Kier alpha value is -1.19. The Morgan fingerprint density at radius 2 is 2.00 bits per heavy atom. The van der Waals surface area contributed by atoms with Crippen molar-refractivity contribution in [2.45, 2.75) is 19.9 Å². The second kappa shape index (κ2) is 4.98. The minimum atomic E-state index is -0.170. The lowest BCUT2D eigenvalue weighted by atomic mass is 10.1. The van der Waals surface area contributed by atoms with Gasteiger partial charge in [0.2, 0.25) is 0 Å². The van der Waals surface area contributed by atoms with Gasteiger partial charge in [-0.2, -0.15) is 0 Å². The molecule has 2 aromatic rings. The van der Waals surface area contributed by atoms with Crippen LogP contribution in [0.15, 0.2) is 30.3 Å². The maximum Gasteiger partial charge on any atom is 0.124 e. The van der Waals surface area contributed by atoms with Crippen LogP contribution in [0.3, 0.4) is 0 Å². The summed E-state index contributed by atoms with van der Waals surface area (Å²) in [5.74, 6) is -0.170. The van der Waals surface area contributed by atoms with E-state index in [4.69, 9.17) is 0 Å². The molecule has 17 heavy (non-hydrogen) atoms. The molecule has 0 saturated carbocycles. The number of rotatable bonds is 3. The number of aryl methyl sites for hydroxylation is 1. The third-order valence-corrected chi connectivity index (χ3v) is 4.13. The lowest BCUT2D eigenvalue weighted by molar-refractivity contribution is 0.627. The minimum Gasteiger partial charge on any atom is -0.313 e. The van der Waals surface area contributed by atoms with Crippen molar-refractivity contribution < 1.29 is 4.39 Å². The molecule has 0 aliphatic rings. The van der Waals surface area contributed by atoms with Gasteiger partial charge in [0.25, 0.3) is 0 Å². The largest absolute Gasteiger partial charge is 0.313 e. The molecular formula is C14H16FNS. The van der Waals surface area contributed by atoms with Crippen molar-refractivity contribution >= 4 is 11.3 Å². The lowest BCUT2D eigenvalue weighted by Crippen LogP contribution is -2.10. The van der Waals surface area contributed by atoms with Gasteiger partial charge in [-0.25, -0.2) is 4.39 Å². The van der Waals surface area contributed by atoms with E-state index in [2.05, 4.69) is 24.4 Å². The predicted octanol–water partition coefficient (Wildman–Crippen LogP) is 4.14. The van der Waals surface area contributed by atoms with E-state index in [1.807, 2.05) is 20.0 Å². The molecule has 3 heteroatoms. The van der Waals surface area contributed by atoms with Gasteiger partial charge in [-0.1, -0.05) is 6.07 Å². The molecule has 0 saturated heterocycles. The van der Waals surface area contributed by atoms with Gasteiger partial charge < -0.3 is 5.32 Å². The average molecular weight is 249 g/mol. The normalized spacial score (nSPS) is 12.7. The summed E-state index contributed by atoms with van der Waals surface area (Å²) in [7, 11) is 1.94. The maximum absolute atomic E-state index is 13.3. The van der Waals surface area contributed by atoms with E-state index in [9.17, 15) is 4.39 Å². The molecule has 1 atom stereocenters. The summed E-state index contributed by atoms with van der Waals surface area (Å²) in [4.78, 5) is 2.38. The standard InChI is InChI=1S/C14H16FNS/c1-9-6-11(8-12(15)7-9)14-5-4-13(17-14)10(2)16-3/h4-8,10,16H,1-3H3. The minimum absolute atomic E-state index is 0.170. The first-order valence-electron chi connectivity index (χ1n) is 5.64. The van der Waals surface area contributed by atoms with Crippen molar-refractivity contribution in [1.29, 1.82) is 0 Å². The molecule has 0 bridgehead atoms. The van der Waals surface area contributed by atoms with Crippen molar-refractivity contribution in [2.75, 3.05) is 7.05 Å². The van der Waals surface area contributed by atoms with Crippen molar-refractivity contribution in [3.8, 4) is 10.4 Å². The molecule has 0 spiro atoms. The maximum atomic E-state index is 13.3. The van der Waals surface area contributed by atoms with Crippen LogP contribution < -0.4 is 5.32 Å². The Morgan fingerprint density at radius 1 is 1.24 bits per heavy atom. The first-order chi connectivity index (χ1) is 8.10. The Morgan fingerprint density at radius 3 is 2.65 bits per heavy atom. The number of hydrogen-bond donors (Lipinski definition) is 1. The van der Waals surface area contributed by atoms with Crippen LogP contribution in [0.4, 0.5) is 4.39 Å². The molecule has 1 nitrogen and oxygen atoms in total. The van der Waals surface area contributed by atoms with E-state index in [-0.39, 0.29) is 5.82 Å². The zero-order valence-corrected chi connectivity index (χ0v) is 11.1. The predicted molar refractivity (Wildman–Crippen MR) is 71.9 cm³/mol. The summed E-state index contributed by atoms with van der Waals surface area (Å²) < 4.78 is 13.3. The van der Waals surface area contributed by atoms with E-state index in [1.165, 1.54) is 4.88 Å². The first kappa shape index (κ1) is 12.3. The van der Waals surface area contributed by atoms with Gasteiger partial charge in [0.05, 0.1) is 0 Å². The van der Waals surface area contributed by atoms with Gasteiger partial charge in [-0.15, -0.1) is 11.3 Å². The molecule has 0 aliphatic carbocycles. The van der Waals surface area contributed by atoms with Crippen molar-refractivity contribution in [3.05, 3.63) is 46.6 Å². The molecule has 1 aromatic carbocycles. The van der Waals surface area contributed by atoms with Crippen LogP contribution in [0.1, 0.15) is 23.4 Å². The highest BCUT2D eigenvalue weighted by atomic mass is 32.1. The summed E-state index contributed by atoms with van der Waals surface area (Å²) >= 11 is 1.71. The van der Waals surface area contributed by atoms with Crippen LogP contribution >= 0.6 is 11.3 Å². The molecule has 1 aromatic heterocycles. The van der Waals surface area contributed by atoms with E-state index in [0.29, 0.717) is 6.04 Å².